The maximum Gasteiger partial charge on any atom is 0.242 e. The van der Waals surface area contributed by atoms with Gasteiger partial charge in [-0.15, -0.1) is 11.6 Å². The van der Waals surface area contributed by atoms with Crippen molar-refractivity contribution < 1.29 is 12.8 Å². The average Bonchev–Trinajstić information content (AvgIpc) is 2.38. The number of halogens is 2. The number of hydrogen-bond acceptors (Lipinski definition) is 2. The molecule has 0 saturated heterocycles. The Bertz CT molecular complexity index is 533. The van der Waals surface area contributed by atoms with Gasteiger partial charge in [-0.3, -0.25) is 0 Å². The molecule has 0 fully saturated rings. The molecule has 108 valence electrons. The van der Waals surface area contributed by atoms with Crippen molar-refractivity contribution in [1.82, 2.24) is 4.31 Å². The highest BCUT2D eigenvalue weighted by Crippen LogP contribution is 2.20. The Balaban J connectivity index is 3.06. The molecule has 6 heteroatoms. The molecule has 1 atom stereocenters. The highest BCUT2D eigenvalue weighted by Gasteiger charge is 2.22. The zero-order valence-electron chi connectivity index (χ0n) is 11.4. The lowest BCUT2D eigenvalue weighted by Crippen LogP contribution is -2.31. The number of benzene rings is 1. The van der Waals surface area contributed by atoms with E-state index in [4.69, 9.17) is 11.6 Å². The Kier molecular flexibility index (Phi) is 5.77. The molecule has 1 aromatic rings. The van der Waals surface area contributed by atoms with Gasteiger partial charge in [-0.25, -0.2) is 17.1 Å². The Labute approximate surface area is 119 Å². The minimum absolute atomic E-state index is 0.0513. The third kappa shape index (κ3) is 3.91. The van der Waals surface area contributed by atoms with Crippen LogP contribution in [0.1, 0.15) is 25.8 Å². The highest BCUT2D eigenvalue weighted by molar-refractivity contribution is 7.89. The first-order chi connectivity index (χ1) is 8.82. The molecule has 0 N–H and O–H groups in total. The topological polar surface area (TPSA) is 37.4 Å². The van der Waals surface area contributed by atoms with E-state index in [1.54, 1.807) is 0 Å². The summed E-state index contributed by atoms with van der Waals surface area (Å²) < 4.78 is 39.3. The molecule has 0 heterocycles. The summed E-state index contributed by atoms with van der Waals surface area (Å²) in [4.78, 5) is 0.0790. The van der Waals surface area contributed by atoms with Crippen LogP contribution in [0.4, 0.5) is 4.39 Å². The SMILES string of the molecule is CCC(C)CN(C)S(=O)(=O)c1ccc(F)c(CCl)c1. The van der Waals surface area contributed by atoms with E-state index < -0.39 is 15.8 Å². The molecular formula is C13H19ClFNO2S. The van der Waals surface area contributed by atoms with E-state index in [-0.39, 0.29) is 22.3 Å². The first kappa shape index (κ1) is 16.4. The van der Waals surface area contributed by atoms with Crippen molar-refractivity contribution >= 4 is 21.6 Å². The standard InChI is InChI=1S/C13H19ClFNO2S/c1-4-10(2)9-16(3)19(17,18)12-5-6-13(15)11(7-12)8-14/h5-7,10H,4,8-9H2,1-3H3. The van der Waals surface area contributed by atoms with Gasteiger partial charge in [0.25, 0.3) is 0 Å². The third-order valence-corrected chi connectivity index (χ3v) is 5.24. The van der Waals surface area contributed by atoms with Crippen LogP contribution in [-0.4, -0.2) is 26.3 Å². The number of hydrogen-bond donors (Lipinski definition) is 0. The smallest absolute Gasteiger partial charge is 0.207 e. The number of sulfonamides is 1. The van der Waals surface area contributed by atoms with E-state index in [9.17, 15) is 12.8 Å². The number of alkyl halides is 1. The average molecular weight is 308 g/mol. The monoisotopic (exact) mass is 307 g/mol. The molecule has 0 spiro atoms. The molecule has 0 aliphatic heterocycles. The van der Waals surface area contributed by atoms with Crippen LogP contribution in [0, 0.1) is 11.7 Å². The minimum atomic E-state index is -3.59. The van der Waals surface area contributed by atoms with Crippen molar-refractivity contribution in [3.05, 3.63) is 29.6 Å². The van der Waals surface area contributed by atoms with Gasteiger partial charge in [0.15, 0.2) is 0 Å². The van der Waals surface area contributed by atoms with Crippen LogP contribution in [0.3, 0.4) is 0 Å². The van der Waals surface area contributed by atoms with Crippen molar-refractivity contribution in [2.75, 3.05) is 13.6 Å². The maximum absolute atomic E-state index is 13.3. The molecule has 1 unspecified atom stereocenters. The van der Waals surface area contributed by atoms with Crippen molar-refractivity contribution in [2.24, 2.45) is 5.92 Å². The predicted molar refractivity (Wildman–Crippen MR) is 75.2 cm³/mol. The second kappa shape index (κ2) is 6.68. The van der Waals surface area contributed by atoms with Gasteiger partial charge < -0.3 is 0 Å². The molecule has 0 bridgehead atoms. The molecular weight excluding hydrogens is 289 g/mol. The molecule has 1 aromatic carbocycles. The molecule has 0 radical (unpaired) electrons. The van der Waals surface area contributed by atoms with Crippen LogP contribution in [0.5, 0.6) is 0 Å². The summed E-state index contributed by atoms with van der Waals surface area (Å²) in [5.41, 5.74) is 0.194. The van der Waals surface area contributed by atoms with Crippen molar-refractivity contribution in [3.63, 3.8) is 0 Å². The van der Waals surface area contributed by atoms with Crippen LogP contribution in [0.2, 0.25) is 0 Å². The summed E-state index contributed by atoms with van der Waals surface area (Å²) in [5, 5.41) is 0. The lowest BCUT2D eigenvalue weighted by molar-refractivity contribution is 0.393. The minimum Gasteiger partial charge on any atom is -0.207 e. The molecule has 19 heavy (non-hydrogen) atoms. The fraction of sp³-hybridized carbons (Fsp3) is 0.538. The molecule has 0 aromatic heterocycles. The largest absolute Gasteiger partial charge is 0.242 e. The lowest BCUT2D eigenvalue weighted by atomic mass is 10.1. The van der Waals surface area contributed by atoms with E-state index in [1.807, 2.05) is 13.8 Å². The van der Waals surface area contributed by atoms with E-state index in [1.165, 1.54) is 23.5 Å². The fourth-order valence-corrected chi connectivity index (χ4v) is 3.21. The molecule has 0 aliphatic carbocycles. The van der Waals surface area contributed by atoms with E-state index in [0.717, 1.165) is 12.5 Å². The Morgan fingerprint density at radius 3 is 2.58 bits per heavy atom. The van der Waals surface area contributed by atoms with Crippen LogP contribution in [-0.2, 0) is 15.9 Å². The Morgan fingerprint density at radius 2 is 2.05 bits per heavy atom. The van der Waals surface area contributed by atoms with Crippen LogP contribution >= 0.6 is 11.6 Å². The third-order valence-electron chi connectivity index (χ3n) is 3.14. The van der Waals surface area contributed by atoms with Crippen molar-refractivity contribution in [3.8, 4) is 0 Å². The fourth-order valence-electron chi connectivity index (χ4n) is 1.66. The highest BCUT2D eigenvalue weighted by atomic mass is 35.5. The van der Waals surface area contributed by atoms with Crippen LogP contribution in [0.15, 0.2) is 23.1 Å². The van der Waals surface area contributed by atoms with Gasteiger partial charge in [-0.05, 0) is 24.1 Å². The maximum atomic E-state index is 13.3. The molecule has 1 rings (SSSR count). The summed E-state index contributed by atoms with van der Waals surface area (Å²) in [6, 6.07) is 3.71. The van der Waals surface area contributed by atoms with Crippen LogP contribution in [0.25, 0.3) is 0 Å². The van der Waals surface area contributed by atoms with Crippen LogP contribution < -0.4 is 0 Å². The number of nitrogens with zero attached hydrogens (tertiary/aromatic N) is 1. The van der Waals surface area contributed by atoms with E-state index in [0.29, 0.717) is 6.54 Å². The second-order valence-electron chi connectivity index (χ2n) is 4.69. The molecule has 0 aliphatic rings. The van der Waals surface area contributed by atoms with E-state index >= 15 is 0 Å². The molecule has 0 amide bonds. The summed E-state index contributed by atoms with van der Waals surface area (Å²) >= 11 is 5.59. The lowest BCUT2D eigenvalue weighted by Gasteiger charge is -2.20. The van der Waals surface area contributed by atoms with Gasteiger partial charge in [0, 0.05) is 19.2 Å². The quantitative estimate of drug-likeness (QED) is 0.757. The van der Waals surface area contributed by atoms with Crippen molar-refractivity contribution in [1.29, 1.82) is 0 Å². The zero-order chi connectivity index (χ0) is 14.6. The molecule has 3 nitrogen and oxygen atoms in total. The van der Waals surface area contributed by atoms with Crippen molar-refractivity contribution in [2.45, 2.75) is 31.0 Å². The normalized spacial score (nSPS) is 13.8. The van der Waals surface area contributed by atoms with Gasteiger partial charge in [-0.1, -0.05) is 20.3 Å². The second-order valence-corrected chi connectivity index (χ2v) is 7.00. The summed E-state index contributed by atoms with van der Waals surface area (Å²) in [7, 11) is -2.05. The summed E-state index contributed by atoms with van der Waals surface area (Å²) in [5.74, 6) is -0.268. The summed E-state index contributed by atoms with van der Waals surface area (Å²) in [6.07, 6.45) is 0.899. The summed E-state index contributed by atoms with van der Waals surface area (Å²) in [6.45, 7) is 4.43. The molecule has 0 saturated carbocycles. The van der Waals surface area contributed by atoms with Gasteiger partial charge >= 0.3 is 0 Å². The number of rotatable bonds is 6. The van der Waals surface area contributed by atoms with E-state index in [2.05, 4.69) is 0 Å². The first-order valence-corrected chi connectivity index (χ1v) is 8.11. The van der Waals surface area contributed by atoms with Gasteiger partial charge in [0.1, 0.15) is 5.82 Å². The van der Waals surface area contributed by atoms with Gasteiger partial charge in [0.2, 0.25) is 10.0 Å². The Hall–Kier alpha value is -0.650. The first-order valence-electron chi connectivity index (χ1n) is 6.13. The van der Waals surface area contributed by atoms with Gasteiger partial charge in [0.05, 0.1) is 10.8 Å². The Morgan fingerprint density at radius 1 is 1.42 bits per heavy atom. The zero-order valence-corrected chi connectivity index (χ0v) is 12.9. The van der Waals surface area contributed by atoms with Gasteiger partial charge in [-0.2, -0.15) is 0 Å². The predicted octanol–water partition coefficient (Wildman–Crippen LogP) is 3.23.